The maximum Gasteiger partial charge on any atom is 0.159 e. The van der Waals surface area contributed by atoms with Gasteiger partial charge in [-0.25, -0.2) is 0 Å². The van der Waals surface area contributed by atoms with Crippen LogP contribution in [0.4, 0.5) is 0 Å². The molecule has 0 unspecified atom stereocenters. The van der Waals surface area contributed by atoms with Gasteiger partial charge in [0.15, 0.2) is 5.15 Å². The highest BCUT2D eigenvalue weighted by Gasteiger charge is 2.13. The molecular formula is C12H15ClN2O. The van der Waals surface area contributed by atoms with Gasteiger partial charge in [-0.1, -0.05) is 31.5 Å². The number of methoxy groups -OCH3 is 1. The largest absolute Gasteiger partial charge is 0.494 e. The van der Waals surface area contributed by atoms with E-state index in [1.807, 2.05) is 22.9 Å². The molecular weight excluding hydrogens is 224 g/mol. The number of hydrogen-bond donors (Lipinski definition) is 0. The third kappa shape index (κ3) is 1.87. The van der Waals surface area contributed by atoms with Crippen LogP contribution in [0.3, 0.4) is 0 Å². The number of hydrogen-bond acceptors (Lipinski definition) is 2. The zero-order chi connectivity index (χ0) is 11.7. The standard InChI is InChI=1S/C12H15ClN2O/c1-8(2)7-15-11-9(12(13)14-15)5-4-6-10(11)16-3/h4-6,8H,7H2,1-3H3. The Morgan fingerprint density at radius 3 is 2.81 bits per heavy atom. The lowest BCUT2D eigenvalue weighted by molar-refractivity contribution is 0.413. The molecule has 0 bridgehead atoms. The second kappa shape index (κ2) is 4.34. The van der Waals surface area contributed by atoms with E-state index in [1.54, 1.807) is 7.11 Å². The molecule has 0 fully saturated rings. The fourth-order valence-corrected chi connectivity index (χ4v) is 2.05. The van der Waals surface area contributed by atoms with Crippen molar-refractivity contribution in [3.05, 3.63) is 23.4 Å². The third-order valence-electron chi connectivity index (χ3n) is 2.45. The third-order valence-corrected chi connectivity index (χ3v) is 2.73. The number of aromatic nitrogens is 2. The molecule has 4 heteroatoms. The fourth-order valence-electron chi connectivity index (χ4n) is 1.81. The van der Waals surface area contributed by atoms with Crippen LogP contribution in [0.15, 0.2) is 18.2 Å². The van der Waals surface area contributed by atoms with Gasteiger partial charge in [0, 0.05) is 11.9 Å². The zero-order valence-corrected chi connectivity index (χ0v) is 10.5. The topological polar surface area (TPSA) is 27.1 Å². The summed E-state index contributed by atoms with van der Waals surface area (Å²) in [5.41, 5.74) is 0.976. The van der Waals surface area contributed by atoms with Gasteiger partial charge in [0.05, 0.1) is 7.11 Å². The molecule has 0 atom stereocenters. The molecule has 0 aliphatic carbocycles. The average Bonchev–Trinajstić information content (AvgIpc) is 2.55. The second-order valence-electron chi connectivity index (χ2n) is 4.22. The number of rotatable bonds is 3. The highest BCUT2D eigenvalue weighted by Crippen LogP contribution is 2.30. The van der Waals surface area contributed by atoms with E-state index in [4.69, 9.17) is 16.3 Å². The molecule has 2 rings (SSSR count). The normalized spacial score (nSPS) is 11.3. The van der Waals surface area contributed by atoms with Crippen molar-refractivity contribution in [3.63, 3.8) is 0 Å². The maximum atomic E-state index is 6.10. The molecule has 0 N–H and O–H groups in total. The summed E-state index contributed by atoms with van der Waals surface area (Å²) in [7, 11) is 1.66. The lowest BCUT2D eigenvalue weighted by Gasteiger charge is -2.08. The van der Waals surface area contributed by atoms with Crippen LogP contribution in [-0.4, -0.2) is 16.9 Å². The molecule has 16 heavy (non-hydrogen) atoms. The lowest BCUT2D eigenvalue weighted by Crippen LogP contribution is -2.06. The minimum absolute atomic E-state index is 0.518. The number of para-hydroxylation sites is 1. The van der Waals surface area contributed by atoms with Crippen LogP contribution in [0.25, 0.3) is 10.9 Å². The van der Waals surface area contributed by atoms with Gasteiger partial charge in [0.2, 0.25) is 0 Å². The molecule has 1 heterocycles. The first-order valence-corrected chi connectivity index (χ1v) is 5.70. The molecule has 0 aliphatic rings. The van der Waals surface area contributed by atoms with Crippen LogP contribution in [0.5, 0.6) is 5.75 Å². The van der Waals surface area contributed by atoms with Crippen molar-refractivity contribution in [1.29, 1.82) is 0 Å². The Morgan fingerprint density at radius 2 is 2.19 bits per heavy atom. The summed E-state index contributed by atoms with van der Waals surface area (Å²) in [4.78, 5) is 0. The lowest BCUT2D eigenvalue weighted by atomic mass is 10.2. The Hall–Kier alpha value is -1.22. The Morgan fingerprint density at radius 1 is 1.44 bits per heavy atom. The summed E-state index contributed by atoms with van der Waals surface area (Å²) in [6.45, 7) is 5.14. The Kier molecular flexibility index (Phi) is 3.06. The summed E-state index contributed by atoms with van der Waals surface area (Å²) in [5, 5.41) is 5.82. The van der Waals surface area contributed by atoms with E-state index >= 15 is 0 Å². The summed E-state index contributed by atoms with van der Waals surface area (Å²) in [6, 6.07) is 5.82. The van der Waals surface area contributed by atoms with Crippen molar-refractivity contribution in [2.75, 3.05) is 7.11 Å². The quantitative estimate of drug-likeness (QED) is 0.820. The van der Waals surface area contributed by atoms with Crippen molar-refractivity contribution in [1.82, 2.24) is 9.78 Å². The minimum Gasteiger partial charge on any atom is -0.494 e. The molecule has 0 radical (unpaired) electrons. The molecule has 86 valence electrons. The molecule has 0 saturated heterocycles. The molecule has 1 aromatic carbocycles. The average molecular weight is 239 g/mol. The van der Waals surface area contributed by atoms with Crippen molar-refractivity contribution in [2.45, 2.75) is 20.4 Å². The summed E-state index contributed by atoms with van der Waals surface area (Å²) < 4.78 is 7.26. The molecule has 3 nitrogen and oxygen atoms in total. The van der Waals surface area contributed by atoms with Gasteiger partial charge in [0.25, 0.3) is 0 Å². The Bertz CT molecular complexity index is 505. The van der Waals surface area contributed by atoms with Gasteiger partial charge < -0.3 is 4.74 Å². The van der Waals surface area contributed by atoms with E-state index in [2.05, 4.69) is 18.9 Å². The van der Waals surface area contributed by atoms with Crippen LogP contribution in [0, 0.1) is 5.92 Å². The molecule has 1 aromatic heterocycles. The predicted octanol–water partition coefficient (Wildman–Crippen LogP) is 3.35. The van der Waals surface area contributed by atoms with Crippen molar-refractivity contribution < 1.29 is 4.74 Å². The van der Waals surface area contributed by atoms with Crippen molar-refractivity contribution in [2.24, 2.45) is 5.92 Å². The summed E-state index contributed by atoms with van der Waals surface area (Å²) in [6.07, 6.45) is 0. The molecule has 0 aliphatic heterocycles. The zero-order valence-electron chi connectivity index (χ0n) is 9.70. The summed E-state index contributed by atoms with van der Waals surface area (Å²) in [5.74, 6) is 1.33. The van der Waals surface area contributed by atoms with Gasteiger partial charge in [-0.2, -0.15) is 5.10 Å². The smallest absolute Gasteiger partial charge is 0.159 e. The number of halogens is 1. The highest BCUT2D eigenvalue weighted by atomic mass is 35.5. The number of nitrogens with zero attached hydrogens (tertiary/aromatic N) is 2. The van der Waals surface area contributed by atoms with Gasteiger partial charge >= 0.3 is 0 Å². The second-order valence-corrected chi connectivity index (χ2v) is 4.58. The molecule has 0 amide bonds. The van der Waals surface area contributed by atoms with E-state index in [9.17, 15) is 0 Å². The van der Waals surface area contributed by atoms with Crippen molar-refractivity contribution in [3.8, 4) is 5.75 Å². The van der Waals surface area contributed by atoms with Crippen LogP contribution in [0.2, 0.25) is 5.15 Å². The van der Waals surface area contributed by atoms with E-state index in [0.29, 0.717) is 11.1 Å². The first-order valence-electron chi connectivity index (χ1n) is 5.32. The molecule has 0 saturated carbocycles. The number of fused-ring (bicyclic) bond motifs is 1. The highest BCUT2D eigenvalue weighted by molar-refractivity contribution is 6.34. The minimum atomic E-state index is 0.518. The van der Waals surface area contributed by atoms with Gasteiger partial charge in [-0.3, -0.25) is 4.68 Å². The maximum absolute atomic E-state index is 6.10. The van der Waals surface area contributed by atoms with Gasteiger partial charge in [0.1, 0.15) is 11.3 Å². The van der Waals surface area contributed by atoms with Crippen LogP contribution in [-0.2, 0) is 6.54 Å². The first-order chi connectivity index (χ1) is 7.63. The van der Waals surface area contributed by atoms with Gasteiger partial charge in [-0.05, 0) is 18.1 Å². The van der Waals surface area contributed by atoms with E-state index in [0.717, 1.165) is 23.2 Å². The van der Waals surface area contributed by atoms with Crippen LogP contribution in [0.1, 0.15) is 13.8 Å². The predicted molar refractivity (Wildman–Crippen MR) is 66.1 cm³/mol. The number of benzene rings is 1. The van der Waals surface area contributed by atoms with Gasteiger partial charge in [-0.15, -0.1) is 0 Å². The number of ether oxygens (including phenoxy) is 1. The monoisotopic (exact) mass is 238 g/mol. The van der Waals surface area contributed by atoms with Crippen LogP contribution >= 0.6 is 11.6 Å². The Labute approximate surface area is 100.0 Å². The van der Waals surface area contributed by atoms with E-state index in [1.165, 1.54) is 0 Å². The summed E-state index contributed by atoms with van der Waals surface area (Å²) >= 11 is 6.10. The van der Waals surface area contributed by atoms with Crippen LogP contribution < -0.4 is 4.74 Å². The molecule has 0 spiro atoms. The van der Waals surface area contributed by atoms with Crippen molar-refractivity contribution >= 4 is 22.5 Å². The fraction of sp³-hybridized carbons (Fsp3) is 0.417. The SMILES string of the molecule is COc1cccc2c(Cl)nn(CC(C)C)c12. The van der Waals surface area contributed by atoms with E-state index in [-0.39, 0.29) is 0 Å². The molecule has 2 aromatic rings. The first kappa shape index (κ1) is 11.3. The Balaban J connectivity index is 2.64. The van der Waals surface area contributed by atoms with E-state index < -0.39 is 0 Å².